The van der Waals surface area contributed by atoms with E-state index in [2.05, 4.69) is 16.8 Å². The van der Waals surface area contributed by atoms with Gasteiger partial charge in [-0.05, 0) is 26.9 Å². The standard InChI is InChI=1S/C13H25N3O2/c1-4-7-14-13(17)16(9-8-15(2)3)11-12-6-5-10-18-12/h4,12H,1,5-11H2,2-3H3,(H,14,17)/t12-/m1/s1. The molecule has 0 saturated carbocycles. The second kappa shape index (κ2) is 8.11. The molecule has 0 unspecified atom stereocenters. The first-order valence-corrected chi connectivity index (χ1v) is 6.53. The second-order valence-electron chi connectivity index (χ2n) is 4.86. The van der Waals surface area contributed by atoms with Gasteiger partial charge in [0.25, 0.3) is 0 Å². The summed E-state index contributed by atoms with van der Waals surface area (Å²) in [6, 6.07) is -0.0350. The van der Waals surface area contributed by atoms with Crippen LogP contribution in [0.3, 0.4) is 0 Å². The number of likely N-dealkylation sites (N-methyl/N-ethyl adjacent to an activating group) is 1. The number of urea groups is 1. The van der Waals surface area contributed by atoms with E-state index in [9.17, 15) is 4.79 Å². The lowest BCUT2D eigenvalue weighted by Crippen LogP contribution is -2.46. The number of ether oxygens (including phenoxy) is 1. The SMILES string of the molecule is C=CCNC(=O)N(CCN(C)C)C[C@H]1CCCO1. The third-order valence-corrected chi connectivity index (χ3v) is 2.95. The van der Waals surface area contributed by atoms with Gasteiger partial charge < -0.3 is 19.9 Å². The van der Waals surface area contributed by atoms with Crippen molar-refractivity contribution >= 4 is 6.03 Å². The molecule has 0 radical (unpaired) electrons. The number of rotatable bonds is 7. The van der Waals surface area contributed by atoms with E-state index in [-0.39, 0.29) is 12.1 Å². The van der Waals surface area contributed by atoms with Crippen molar-refractivity contribution in [1.29, 1.82) is 0 Å². The molecule has 1 heterocycles. The van der Waals surface area contributed by atoms with Gasteiger partial charge in [0, 0.05) is 32.8 Å². The molecule has 1 fully saturated rings. The summed E-state index contributed by atoms with van der Waals surface area (Å²) >= 11 is 0. The zero-order valence-electron chi connectivity index (χ0n) is 11.5. The van der Waals surface area contributed by atoms with E-state index >= 15 is 0 Å². The number of hydrogen-bond donors (Lipinski definition) is 1. The highest BCUT2D eigenvalue weighted by atomic mass is 16.5. The number of amides is 2. The van der Waals surface area contributed by atoms with E-state index in [1.165, 1.54) is 0 Å². The molecular weight excluding hydrogens is 230 g/mol. The monoisotopic (exact) mass is 255 g/mol. The number of nitrogens with one attached hydrogen (secondary N) is 1. The van der Waals surface area contributed by atoms with E-state index in [4.69, 9.17) is 4.74 Å². The van der Waals surface area contributed by atoms with Gasteiger partial charge in [-0.3, -0.25) is 0 Å². The lowest BCUT2D eigenvalue weighted by atomic mass is 10.2. The minimum absolute atomic E-state index is 0.0350. The van der Waals surface area contributed by atoms with Crippen LogP contribution >= 0.6 is 0 Å². The molecule has 1 aliphatic heterocycles. The summed E-state index contributed by atoms with van der Waals surface area (Å²) in [5.41, 5.74) is 0. The van der Waals surface area contributed by atoms with Crippen LogP contribution in [0.15, 0.2) is 12.7 Å². The van der Waals surface area contributed by atoms with Crippen molar-refractivity contribution in [3.05, 3.63) is 12.7 Å². The predicted molar refractivity (Wildman–Crippen MR) is 72.7 cm³/mol. The molecule has 0 bridgehead atoms. The lowest BCUT2D eigenvalue weighted by molar-refractivity contribution is 0.0798. The Kier molecular flexibility index (Phi) is 6.75. The normalized spacial score (nSPS) is 18.9. The molecule has 0 aromatic carbocycles. The first-order chi connectivity index (χ1) is 8.63. The Morgan fingerprint density at radius 3 is 2.83 bits per heavy atom. The van der Waals surface area contributed by atoms with Crippen LogP contribution in [0, 0.1) is 0 Å². The first-order valence-electron chi connectivity index (χ1n) is 6.53. The summed E-state index contributed by atoms with van der Waals surface area (Å²) in [5, 5.41) is 2.82. The summed E-state index contributed by atoms with van der Waals surface area (Å²) in [6.45, 7) is 7.18. The number of hydrogen-bond acceptors (Lipinski definition) is 3. The van der Waals surface area contributed by atoms with Gasteiger partial charge in [-0.2, -0.15) is 0 Å². The summed E-state index contributed by atoms with van der Waals surface area (Å²) in [7, 11) is 4.01. The van der Waals surface area contributed by atoms with Gasteiger partial charge in [-0.25, -0.2) is 4.79 Å². The molecule has 1 aliphatic rings. The maximum absolute atomic E-state index is 12.0. The molecule has 1 atom stereocenters. The Labute approximate surface area is 110 Å². The van der Waals surface area contributed by atoms with Crippen LogP contribution in [0.4, 0.5) is 4.79 Å². The molecule has 0 spiro atoms. The summed E-state index contributed by atoms with van der Waals surface area (Å²) in [5.74, 6) is 0. The minimum atomic E-state index is -0.0350. The highest BCUT2D eigenvalue weighted by Crippen LogP contribution is 2.13. The Bertz CT molecular complexity index is 263. The third-order valence-electron chi connectivity index (χ3n) is 2.95. The van der Waals surface area contributed by atoms with Crippen molar-refractivity contribution in [3.63, 3.8) is 0 Å². The Morgan fingerprint density at radius 2 is 2.28 bits per heavy atom. The van der Waals surface area contributed by atoms with E-state index in [0.717, 1.165) is 32.5 Å². The number of carbonyl (C=O) groups excluding carboxylic acids is 1. The van der Waals surface area contributed by atoms with Gasteiger partial charge >= 0.3 is 6.03 Å². The molecule has 0 aliphatic carbocycles. The van der Waals surface area contributed by atoms with Crippen molar-refractivity contribution < 1.29 is 9.53 Å². The van der Waals surface area contributed by atoms with Crippen molar-refractivity contribution in [2.24, 2.45) is 0 Å². The summed E-state index contributed by atoms with van der Waals surface area (Å²) in [6.07, 6.45) is 4.03. The van der Waals surface area contributed by atoms with Crippen LogP contribution in [-0.4, -0.2) is 68.8 Å². The topological polar surface area (TPSA) is 44.8 Å². The molecule has 104 valence electrons. The van der Waals surface area contributed by atoms with Gasteiger partial charge in [0.1, 0.15) is 0 Å². The zero-order valence-corrected chi connectivity index (χ0v) is 11.5. The van der Waals surface area contributed by atoms with Gasteiger partial charge in [-0.15, -0.1) is 6.58 Å². The molecule has 2 amide bonds. The van der Waals surface area contributed by atoms with Crippen LogP contribution in [0.1, 0.15) is 12.8 Å². The molecule has 5 nitrogen and oxygen atoms in total. The van der Waals surface area contributed by atoms with E-state index in [0.29, 0.717) is 13.1 Å². The number of nitrogens with zero attached hydrogens (tertiary/aromatic N) is 2. The highest BCUT2D eigenvalue weighted by Gasteiger charge is 2.22. The van der Waals surface area contributed by atoms with Gasteiger partial charge in [0.05, 0.1) is 6.10 Å². The largest absolute Gasteiger partial charge is 0.376 e. The fraction of sp³-hybridized carbons (Fsp3) is 0.769. The summed E-state index contributed by atoms with van der Waals surface area (Å²) < 4.78 is 5.59. The lowest BCUT2D eigenvalue weighted by Gasteiger charge is -2.26. The number of carbonyl (C=O) groups is 1. The van der Waals surface area contributed by atoms with Crippen molar-refractivity contribution in [3.8, 4) is 0 Å². The molecule has 0 aromatic rings. The Balaban J connectivity index is 2.43. The first kappa shape index (κ1) is 15.0. The molecule has 1 N–H and O–H groups in total. The van der Waals surface area contributed by atoms with Crippen LogP contribution in [0.5, 0.6) is 0 Å². The van der Waals surface area contributed by atoms with Gasteiger partial charge in [0.2, 0.25) is 0 Å². The van der Waals surface area contributed by atoms with E-state index in [1.54, 1.807) is 6.08 Å². The minimum Gasteiger partial charge on any atom is -0.376 e. The molecule has 18 heavy (non-hydrogen) atoms. The van der Waals surface area contributed by atoms with E-state index < -0.39 is 0 Å². The fourth-order valence-electron chi connectivity index (χ4n) is 1.90. The molecule has 5 heteroatoms. The van der Waals surface area contributed by atoms with Crippen LogP contribution in [-0.2, 0) is 4.74 Å². The fourth-order valence-corrected chi connectivity index (χ4v) is 1.90. The van der Waals surface area contributed by atoms with Crippen molar-refractivity contribution in [2.45, 2.75) is 18.9 Å². The second-order valence-corrected chi connectivity index (χ2v) is 4.86. The van der Waals surface area contributed by atoms with Crippen LogP contribution in [0.25, 0.3) is 0 Å². The zero-order chi connectivity index (χ0) is 13.4. The highest BCUT2D eigenvalue weighted by molar-refractivity contribution is 5.74. The third kappa shape index (κ3) is 5.51. The predicted octanol–water partition coefficient (Wildman–Crippen LogP) is 0.925. The van der Waals surface area contributed by atoms with E-state index in [1.807, 2.05) is 19.0 Å². The van der Waals surface area contributed by atoms with Gasteiger partial charge in [-0.1, -0.05) is 6.08 Å². The van der Waals surface area contributed by atoms with Gasteiger partial charge in [0.15, 0.2) is 0 Å². The maximum Gasteiger partial charge on any atom is 0.317 e. The quantitative estimate of drug-likeness (QED) is 0.688. The molecular formula is C13H25N3O2. The van der Waals surface area contributed by atoms with Crippen molar-refractivity contribution in [2.75, 3.05) is 46.9 Å². The van der Waals surface area contributed by atoms with Crippen LogP contribution in [0.2, 0.25) is 0 Å². The maximum atomic E-state index is 12.0. The Morgan fingerprint density at radius 1 is 1.50 bits per heavy atom. The molecule has 1 saturated heterocycles. The Hall–Kier alpha value is -1.07. The van der Waals surface area contributed by atoms with Crippen molar-refractivity contribution in [1.82, 2.24) is 15.1 Å². The summed E-state index contributed by atoms with van der Waals surface area (Å²) in [4.78, 5) is 15.9. The smallest absolute Gasteiger partial charge is 0.317 e. The average Bonchev–Trinajstić information content (AvgIpc) is 2.84. The average molecular weight is 255 g/mol. The van der Waals surface area contributed by atoms with Crippen LogP contribution < -0.4 is 5.32 Å². The molecule has 1 rings (SSSR count). The molecule has 0 aromatic heterocycles.